The van der Waals surface area contributed by atoms with E-state index in [2.05, 4.69) is 15.3 Å². The predicted molar refractivity (Wildman–Crippen MR) is 63.1 cm³/mol. The van der Waals surface area contributed by atoms with Crippen molar-refractivity contribution in [2.24, 2.45) is 0 Å². The molecule has 0 spiro atoms. The van der Waals surface area contributed by atoms with Gasteiger partial charge in [0.05, 0.1) is 17.4 Å². The summed E-state index contributed by atoms with van der Waals surface area (Å²) in [5, 5.41) is 2.81. The van der Waals surface area contributed by atoms with Gasteiger partial charge in [0.2, 0.25) is 5.88 Å². The summed E-state index contributed by atoms with van der Waals surface area (Å²) in [7, 11) is 1.70. The molecule has 0 aliphatic heterocycles. The van der Waals surface area contributed by atoms with Gasteiger partial charge in [0.15, 0.2) is 11.6 Å². The van der Waals surface area contributed by atoms with Crippen molar-refractivity contribution in [3.05, 3.63) is 41.4 Å². The van der Waals surface area contributed by atoms with E-state index in [0.29, 0.717) is 5.82 Å². The van der Waals surface area contributed by atoms with Gasteiger partial charge in [0, 0.05) is 7.05 Å². The predicted octanol–water partition coefficient (Wildman–Crippen LogP) is 3.10. The van der Waals surface area contributed by atoms with E-state index in [-0.39, 0.29) is 16.7 Å². The van der Waals surface area contributed by atoms with Gasteiger partial charge in [-0.05, 0) is 12.1 Å². The molecule has 6 heteroatoms. The fraction of sp³-hybridized carbons (Fsp3) is 0.0909. The van der Waals surface area contributed by atoms with Crippen LogP contribution in [0.25, 0.3) is 0 Å². The number of anilines is 1. The summed E-state index contributed by atoms with van der Waals surface area (Å²) < 4.78 is 18.8. The zero-order valence-corrected chi connectivity index (χ0v) is 9.70. The highest BCUT2D eigenvalue weighted by molar-refractivity contribution is 6.30. The summed E-state index contributed by atoms with van der Waals surface area (Å²) in [6, 6.07) is 4.50. The lowest BCUT2D eigenvalue weighted by molar-refractivity contribution is 0.426. The number of nitrogens with zero attached hydrogens (tertiary/aromatic N) is 2. The molecule has 4 nitrogen and oxygen atoms in total. The lowest BCUT2D eigenvalue weighted by Gasteiger charge is -2.07. The first-order valence-electron chi connectivity index (χ1n) is 4.82. The lowest BCUT2D eigenvalue weighted by atomic mass is 10.3. The lowest BCUT2D eigenvalue weighted by Crippen LogP contribution is -1.97. The summed E-state index contributed by atoms with van der Waals surface area (Å²) >= 11 is 5.64. The van der Waals surface area contributed by atoms with Crippen LogP contribution in [0.1, 0.15) is 0 Å². The molecule has 0 fully saturated rings. The molecule has 1 N–H and O–H groups in total. The summed E-state index contributed by atoms with van der Waals surface area (Å²) in [6.07, 6.45) is 2.92. The van der Waals surface area contributed by atoms with Crippen LogP contribution >= 0.6 is 11.6 Å². The average Bonchev–Trinajstić information content (AvgIpc) is 2.35. The molecule has 0 amide bonds. The van der Waals surface area contributed by atoms with Crippen molar-refractivity contribution in [2.75, 3.05) is 12.4 Å². The molecule has 0 saturated carbocycles. The molecule has 1 heterocycles. The van der Waals surface area contributed by atoms with Crippen molar-refractivity contribution < 1.29 is 9.13 Å². The van der Waals surface area contributed by atoms with Crippen molar-refractivity contribution in [3.8, 4) is 11.6 Å². The summed E-state index contributed by atoms with van der Waals surface area (Å²) in [5.41, 5.74) is 0. The van der Waals surface area contributed by atoms with E-state index in [4.69, 9.17) is 16.3 Å². The molecular weight excluding hydrogens is 245 g/mol. The Morgan fingerprint density at radius 2 is 2.18 bits per heavy atom. The maximum atomic E-state index is 13.5. The number of nitrogens with one attached hydrogen (secondary N) is 1. The maximum absolute atomic E-state index is 13.5. The molecule has 0 atom stereocenters. The van der Waals surface area contributed by atoms with Gasteiger partial charge in [0.25, 0.3) is 0 Å². The standard InChI is InChI=1S/C11H9ClFN3O/c1-14-9-5-15-6-10(16-9)17-8-4-2-3-7(12)11(8)13/h2-6H,1H3,(H,14,16). The first kappa shape index (κ1) is 11.6. The minimum atomic E-state index is -0.620. The first-order valence-corrected chi connectivity index (χ1v) is 5.20. The second-order valence-electron chi connectivity index (χ2n) is 3.15. The Balaban J connectivity index is 2.28. The Morgan fingerprint density at radius 3 is 2.94 bits per heavy atom. The molecule has 0 saturated heterocycles. The molecule has 2 rings (SSSR count). The molecule has 0 bridgehead atoms. The quantitative estimate of drug-likeness (QED) is 0.913. The third-order valence-corrected chi connectivity index (χ3v) is 2.29. The Morgan fingerprint density at radius 1 is 1.35 bits per heavy atom. The average molecular weight is 254 g/mol. The Kier molecular flexibility index (Phi) is 3.39. The van der Waals surface area contributed by atoms with Gasteiger partial charge in [-0.2, -0.15) is 4.98 Å². The normalized spacial score (nSPS) is 10.1. The van der Waals surface area contributed by atoms with Crippen LogP contribution in [0.15, 0.2) is 30.6 Å². The number of rotatable bonds is 3. The molecule has 2 aromatic rings. The van der Waals surface area contributed by atoms with E-state index in [1.54, 1.807) is 13.1 Å². The molecule has 0 unspecified atom stereocenters. The van der Waals surface area contributed by atoms with Crippen LogP contribution in [-0.4, -0.2) is 17.0 Å². The smallest absolute Gasteiger partial charge is 0.239 e. The zero-order valence-electron chi connectivity index (χ0n) is 8.95. The van der Waals surface area contributed by atoms with Crippen LogP contribution in [0, 0.1) is 5.82 Å². The van der Waals surface area contributed by atoms with E-state index in [1.165, 1.54) is 24.5 Å². The molecule has 0 aliphatic carbocycles. The molecule has 0 aliphatic rings. The summed E-state index contributed by atoms with van der Waals surface area (Å²) in [6.45, 7) is 0. The van der Waals surface area contributed by atoms with Gasteiger partial charge in [-0.15, -0.1) is 0 Å². The third-order valence-electron chi connectivity index (χ3n) is 2.00. The van der Waals surface area contributed by atoms with Crippen LogP contribution in [0.4, 0.5) is 10.2 Å². The Hall–Kier alpha value is -1.88. The summed E-state index contributed by atoms with van der Waals surface area (Å²) in [4.78, 5) is 7.95. The van der Waals surface area contributed by atoms with E-state index in [0.717, 1.165) is 0 Å². The number of aromatic nitrogens is 2. The fourth-order valence-corrected chi connectivity index (χ4v) is 1.36. The van der Waals surface area contributed by atoms with Crippen molar-refractivity contribution in [2.45, 2.75) is 0 Å². The molecule has 17 heavy (non-hydrogen) atoms. The number of benzene rings is 1. The van der Waals surface area contributed by atoms with Crippen molar-refractivity contribution in [1.82, 2.24) is 9.97 Å². The monoisotopic (exact) mass is 253 g/mol. The van der Waals surface area contributed by atoms with Crippen LogP contribution in [0.2, 0.25) is 5.02 Å². The summed E-state index contributed by atoms with van der Waals surface area (Å²) in [5.74, 6) is 0.119. The number of halogens is 2. The van der Waals surface area contributed by atoms with E-state index >= 15 is 0 Å². The first-order chi connectivity index (χ1) is 8.20. The largest absolute Gasteiger partial charge is 0.434 e. The molecular formula is C11H9ClFN3O. The van der Waals surface area contributed by atoms with Crippen molar-refractivity contribution >= 4 is 17.4 Å². The Bertz CT molecular complexity index is 536. The topological polar surface area (TPSA) is 47.0 Å². The number of hydrogen-bond donors (Lipinski definition) is 1. The van der Waals surface area contributed by atoms with Crippen LogP contribution < -0.4 is 10.1 Å². The molecule has 88 valence electrons. The van der Waals surface area contributed by atoms with Crippen molar-refractivity contribution in [1.29, 1.82) is 0 Å². The van der Waals surface area contributed by atoms with E-state index in [1.807, 2.05) is 0 Å². The number of ether oxygens (including phenoxy) is 1. The zero-order chi connectivity index (χ0) is 12.3. The van der Waals surface area contributed by atoms with Crippen LogP contribution in [-0.2, 0) is 0 Å². The van der Waals surface area contributed by atoms with E-state index in [9.17, 15) is 4.39 Å². The van der Waals surface area contributed by atoms with Crippen LogP contribution in [0.5, 0.6) is 11.6 Å². The highest BCUT2D eigenvalue weighted by Crippen LogP contribution is 2.27. The second-order valence-corrected chi connectivity index (χ2v) is 3.55. The highest BCUT2D eigenvalue weighted by atomic mass is 35.5. The van der Waals surface area contributed by atoms with Gasteiger partial charge >= 0.3 is 0 Å². The van der Waals surface area contributed by atoms with E-state index < -0.39 is 5.82 Å². The Labute approximate surface area is 102 Å². The fourth-order valence-electron chi connectivity index (χ4n) is 1.19. The van der Waals surface area contributed by atoms with Crippen LogP contribution in [0.3, 0.4) is 0 Å². The van der Waals surface area contributed by atoms with Gasteiger partial charge in [0.1, 0.15) is 5.82 Å². The van der Waals surface area contributed by atoms with Gasteiger partial charge in [-0.25, -0.2) is 4.39 Å². The minimum absolute atomic E-state index is 0.000213. The van der Waals surface area contributed by atoms with Gasteiger partial charge in [-0.3, -0.25) is 4.98 Å². The third kappa shape index (κ3) is 2.62. The highest BCUT2D eigenvalue weighted by Gasteiger charge is 2.09. The SMILES string of the molecule is CNc1cncc(Oc2cccc(Cl)c2F)n1. The number of hydrogen-bond acceptors (Lipinski definition) is 4. The molecule has 1 aromatic carbocycles. The minimum Gasteiger partial charge on any atom is -0.434 e. The second kappa shape index (κ2) is 4.97. The van der Waals surface area contributed by atoms with Crippen molar-refractivity contribution in [3.63, 3.8) is 0 Å². The van der Waals surface area contributed by atoms with Gasteiger partial charge in [-0.1, -0.05) is 17.7 Å². The molecule has 0 radical (unpaired) electrons. The molecule has 1 aromatic heterocycles. The maximum Gasteiger partial charge on any atom is 0.239 e. The van der Waals surface area contributed by atoms with Gasteiger partial charge < -0.3 is 10.1 Å².